The second-order valence-electron chi connectivity index (χ2n) is 4.47. The molecule has 0 aliphatic carbocycles. The number of amides is 1. The van der Waals surface area contributed by atoms with Crippen molar-refractivity contribution in [1.82, 2.24) is 4.98 Å². The molecule has 1 amide bonds. The standard InChI is InChI=1S/C16H10F2N2O2/c17-11-6-7-13(12(18)8-11)20-15(21)14-9-19-16(22-14)10-4-2-1-3-5-10/h1-9H,(H,20,21). The van der Waals surface area contributed by atoms with E-state index >= 15 is 0 Å². The molecular weight excluding hydrogens is 290 g/mol. The van der Waals surface area contributed by atoms with E-state index in [-0.39, 0.29) is 17.3 Å². The highest BCUT2D eigenvalue weighted by Gasteiger charge is 2.15. The summed E-state index contributed by atoms with van der Waals surface area (Å²) in [6, 6.07) is 11.9. The van der Waals surface area contributed by atoms with Gasteiger partial charge in [0.2, 0.25) is 11.7 Å². The Bertz CT molecular complexity index is 816. The van der Waals surface area contributed by atoms with Crippen LogP contribution in [0.5, 0.6) is 0 Å². The van der Waals surface area contributed by atoms with Crippen molar-refractivity contribution in [2.45, 2.75) is 0 Å². The fraction of sp³-hybridized carbons (Fsp3) is 0. The molecule has 0 radical (unpaired) electrons. The molecule has 0 unspecified atom stereocenters. The lowest BCUT2D eigenvalue weighted by Crippen LogP contribution is -2.12. The van der Waals surface area contributed by atoms with Crippen molar-refractivity contribution in [3.63, 3.8) is 0 Å². The van der Waals surface area contributed by atoms with Gasteiger partial charge in [-0.3, -0.25) is 4.79 Å². The molecule has 22 heavy (non-hydrogen) atoms. The lowest BCUT2D eigenvalue weighted by Gasteiger charge is -2.04. The first-order valence-electron chi connectivity index (χ1n) is 6.41. The van der Waals surface area contributed by atoms with E-state index < -0.39 is 17.5 Å². The number of anilines is 1. The molecule has 2 aromatic carbocycles. The number of oxazole rings is 1. The van der Waals surface area contributed by atoms with Crippen LogP contribution in [0.2, 0.25) is 0 Å². The van der Waals surface area contributed by atoms with Gasteiger partial charge in [0.25, 0.3) is 5.91 Å². The predicted octanol–water partition coefficient (Wildman–Crippen LogP) is 3.87. The molecule has 1 N–H and O–H groups in total. The molecule has 0 saturated carbocycles. The van der Waals surface area contributed by atoms with E-state index in [0.29, 0.717) is 6.07 Å². The van der Waals surface area contributed by atoms with E-state index in [4.69, 9.17) is 4.42 Å². The van der Waals surface area contributed by atoms with Gasteiger partial charge in [0.15, 0.2) is 0 Å². The van der Waals surface area contributed by atoms with Gasteiger partial charge in [-0.2, -0.15) is 0 Å². The summed E-state index contributed by atoms with van der Waals surface area (Å²) in [7, 11) is 0. The minimum absolute atomic E-state index is 0.0671. The van der Waals surface area contributed by atoms with E-state index in [1.54, 1.807) is 12.1 Å². The van der Waals surface area contributed by atoms with Gasteiger partial charge < -0.3 is 9.73 Å². The summed E-state index contributed by atoms with van der Waals surface area (Å²) in [5.41, 5.74) is 0.582. The molecule has 6 heteroatoms. The fourth-order valence-corrected chi connectivity index (χ4v) is 1.87. The summed E-state index contributed by atoms with van der Waals surface area (Å²) in [5.74, 6) is -2.04. The van der Waals surface area contributed by atoms with Gasteiger partial charge in [-0.15, -0.1) is 0 Å². The second-order valence-corrected chi connectivity index (χ2v) is 4.47. The third-order valence-corrected chi connectivity index (χ3v) is 2.93. The molecule has 4 nitrogen and oxygen atoms in total. The highest BCUT2D eigenvalue weighted by molar-refractivity contribution is 6.02. The van der Waals surface area contributed by atoms with E-state index in [9.17, 15) is 13.6 Å². The van der Waals surface area contributed by atoms with Crippen molar-refractivity contribution in [1.29, 1.82) is 0 Å². The number of carbonyl (C=O) groups excluding carboxylic acids is 1. The van der Waals surface area contributed by atoms with E-state index in [2.05, 4.69) is 10.3 Å². The highest BCUT2D eigenvalue weighted by Crippen LogP contribution is 2.20. The average Bonchev–Trinajstić information content (AvgIpc) is 3.01. The van der Waals surface area contributed by atoms with Crippen molar-refractivity contribution in [2.24, 2.45) is 0 Å². The Morgan fingerprint density at radius 3 is 2.59 bits per heavy atom. The van der Waals surface area contributed by atoms with Crippen molar-refractivity contribution >= 4 is 11.6 Å². The molecule has 3 aromatic rings. The number of carbonyl (C=O) groups is 1. The van der Waals surface area contributed by atoms with Gasteiger partial charge in [0.1, 0.15) is 11.6 Å². The zero-order chi connectivity index (χ0) is 15.5. The zero-order valence-electron chi connectivity index (χ0n) is 11.2. The number of hydrogen-bond donors (Lipinski definition) is 1. The minimum atomic E-state index is -0.865. The van der Waals surface area contributed by atoms with Crippen LogP contribution in [0.1, 0.15) is 10.6 Å². The maximum absolute atomic E-state index is 13.5. The number of benzene rings is 2. The van der Waals surface area contributed by atoms with Crippen LogP contribution < -0.4 is 5.32 Å². The number of nitrogens with one attached hydrogen (secondary N) is 1. The van der Waals surface area contributed by atoms with Crippen LogP contribution >= 0.6 is 0 Å². The summed E-state index contributed by atoms with van der Waals surface area (Å²) in [5, 5.41) is 2.30. The predicted molar refractivity (Wildman–Crippen MR) is 76.3 cm³/mol. The Morgan fingerprint density at radius 2 is 1.86 bits per heavy atom. The average molecular weight is 300 g/mol. The first-order chi connectivity index (χ1) is 10.6. The number of nitrogens with zero attached hydrogens (tertiary/aromatic N) is 1. The second kappa shape index (κ2) is 5.77. The summed E-state index contributed by atoms with van der Waals surface area (Å²) >= 11 is 0. The minimum Gasteiger partial charge on any atom is -0.431 e. The summed E-state index contributed by atoms with van der Waals surface area (Å²) in [6.07, 6.45) is 1.25. The molecule has 1 aromatic heterocycles. The van der Waals surface area contributed by atoms with Gasteiger partial charge >= 0.3 is 0 Å². The van der Waals surface area contributed by atoms with Crippen LogP contribution in [0.3, 0.4) is 0 Å². The maximum Gasteiger partial charge on any atom is 0.293 e. The van der Waals surface area contributed by atoms with E-state index in [1.807, 2.05) is 18.2 Å². The fourth-order valence-electron chi connectivity index (χ4n) is 1.87. The van der Waals surface area contributed by atoms with Gasteiger partial charge in [-0.25, -0.2) is 13.8 Å². The third-order valence-electron chi connectivity index (χ3n) is 2.93. The Hall–Kier alpha value is -3.02. The van der Waals surface area contributed by atoms with Gasteiger partial charge in [0, 0.05) is 11.6 Å². The molecule has 1 heterocycles. The Morgan fingerprint density at radius 1 is 1.09 bits per heavy atom. The van der Waals surface area contributed by atoms with E-state index in [0.717, 1.165) is 17.7 Å². The Labute approximate surface area is 124 Å². The molecule has 0 bridgehead atoms. The molecule has 110 valence electrons. The summed E-state index contributed by atoms with van der Waals surface area (Å²) < 4.78 is 31.7. The molecule has 0 atom stereocenters. The molecule has 3 rings (SSSR count). The van der Waals surface area contributed by atoms with Gasteiger partial charge in [-0.05, 0) is 24.3 Å². The van der Waals surface area contributed by atoms with Crippen LogP contribution in [0, 0.1) is 11.6 Å². The third kappa shape index (κ3) is 2.85. The van der Waals surface area contributed by atoms with Crippen LogP contribution in [0.4, 0.5) is 14.5 Å². The first kappa shape index (κ1) is 13.9. The Kier molecular flexibility index (Phi) is 3.65. The normalized spacial score (nSPS) is 10.5. The number of rotatable bonds is 3. The smallest absolute Gasteiger partial charge is 0.293 e. The largest absolute Gasteiger partial charge is 0.431 e. The number of halogens is 2. The molecule has 0 saturated heterocycles. The topological polar surface area (TPSA) is 55.1 Å². The van der Waals surface area contributed by atoms with Crippen molar-refractivity contribution in [2.75, 3.05) is 5.32 Å². The van der Waals surface area contributed by atoms with Gasteiger partial charge in [0.05, 0.1) is 11.9 Å². The molecule has 0 spiro atoms. The van der Waals surface area contributed by atoms with Crippen molar-refractivity contribution < 1.29 is 18.0 Å². The van der Waals surface area contributed by atoms with Crippen LogP contribution in [-0.4, -0.2) is 10.9 Å². The van der Waals surface area contributed by atoms with Crippen LogP contribution in [0.15, 0.2) is 59.1 Å². The number of hydrogen-bond acceptors (Lipinski definition) is 3. The number of aromatic nitrogens is 1. The first-order valence-corrected chi connectivity index (χ1v) is 6.41. The van der Waals surface area contributed by atoms with Gasteiger partial charge in [-0.1, -0.05) is 18.2 Å². The summed E-state index contributed by atoms with van der Waals surface area (Å²) in [6.45, 7) is 0. The maximum atomic E-state index is 13.5. The highest BCUT2D eigenvalue weighted by atomic mass is 19.1. The summed E-state index contributed by atoms with van der Waals surface area (Å²) in [4.78, 5) is 16.0. The lowest BCUT2D eigenvalue weighted by atomic mass is 10.2. The molecular formula is C16H10F2N2O2. The van der Waals surface area contributed by atoms with E-state index in [1.165, 1.54) is 6.20 Å². The quantitative estimate of drug-likeness (QED) is 0.798. The van der Waals surface area contributed by atoms with Crippen LogP contribution in [-0.2, 0) is 0 Å². The van der Waals surface area contributed by atoms with Crippen molar-refractivity contribution in [3.8, 4) is 11.5 Å². The monoisotopic (exact) mass is 300 g/mol. The Balaban J connectivity index is 1.80. The molecule has 0 aliphatic rings. The SMILES string of the molecule is O=C(Nc1ccc(F)cc1F)c1cnc(-c2ccccc2)o1. The van der Waals surface area contributed by atoms with Crippen molar-refractivity contribution in [3.05, 3.63) is 72.1 Å². The van der Waals surface area contributed by atoms with Crippen LogP contribution in [0.25, 0.3) is 11.5 Å². The lowest BCUT2D eigenvalue weighted by molar-refractivity contribution is 0.0997. The molecule has 0 fully saturated rings. The molecule has 0 aliphatic heterocycles. The zero-order valence-corrected chi connectivity index (χ0v) is 11.2.